The highest BCUT2D eigenvalue weighted by molar-refractivity contribution is 6.33. The molecule has 0 unspecified atom stereocenters. The lowest BCUT2D eigenvalue weighted by atomic mass is 10.3. The molecule has 0 bridgehead atoms. The molecule has 0 aliphatic rings. The molecule has 0 saturated heterocycles. The van der Waals surface area contributed by atoms with Crippen LogP contribution in [0.1, 0.15) is 13.3 Å². The molecule has 0 aliphatic carbocycles. The molecule has 8 heteroatoms. The van der Waals surface area contributed by atoms with Gasteiger partial charge >= 0.3 is 0 Å². The minimum Gasteiger partial charge on any atom is -0.372 e. The minimum atomic E-state index is -0.398. The van der Waals surface area contributed by atoms with Crippen molar-refractivity contribution in [3.05, 3.63) is 50.9 Å². The van der Waals surface area contributed by atoms with E-state index in [0.29, 0.717) is 29.5 Å². The molecule has 6 nitrogen and oxygen atoms in total. The van der Waals surface area contributed by atoms with Crippen LogP contribution in [0, 0.1) is 0 Å². The van der Waals surface area contributed by atoms with Gasteiger partial charge in [0.1, 0.15) is 5.02 Å². The first-order valence-corrected chi connectivity index (χ1v) is 8.15. The maximum Gasteiger partial charge on any atom is 0.292 e. The zero-order valence-corrected chi connectivity index (χ0v) is 14.9. The van der Waals surface area contributed by atoms with Crippen LogP contribution in [0.4, 0.5) is 5.69 Å². The Labute approximate surface area is 150 Å². The lowest BCUT2D eigenvalue weighted by Crippen LogP contribution is -2.29. The van der Waals surface area contributed by atoms with Crippen molar-refractivity contribution in [3.63, 3.8) is 0 Å². The molecule has 24 heavy (non-hydrogen) atoms. The molecular weight excluding hydrogens is 351 g/mol. The average Bonchev–Trinajstić information content (AvgIpc) is 2.55. The fourth-order valence-corrected chi connectivity index (χ4v) is 2.56. The summed E-state index contributed by atoms with van der Waals surface area (Å²) in [4.78, 5) is 25.1. The summed E-state index contributed by atoms with van der Waals surface area (Å²) < 4.78 is 1.23. The number of aromatic nitrogens is 2. The second-order valence-electron chi connectivity index (χ2n) is 5.30. The van der Waals surface area contributed by atoms with Crippen molar-refractivity contribution >= 4 is 34.8 Å². The first-order valence-electron chi connectivity index (χ1n) is 7.39. The maximum atomic E-state index is 12.5. The summed E-state index contributed by atoms with van der Waals surface area (Å²) in [6.45, 7) is 2.67. The number of carbonyl (C=O) groups is 1. The molecule has 0 spiro atoms. The van der Waals surface area contributed by atoms with Gasteiger partial charge in [-0.3, -0.25) is 9.59 Å². The molecule has 128 valence electrons. The standard InChI is InChI=1S/C16H18Cl2N4O2/c1-11(23)19-8-3-9-21(2)14-10-20-22(16(24)15(14)18)13-6-4-12(17)5-7-13/h4-7,10H,3,8-9H2,1-2H3,(H,19,23). The molecule has 2 rings (SSSR count). The van der Waals surface area contributed by atoms with Gasteiger partial charge in [-0.05, 0) is 30.7 Å². The summed E-state index contributed by atoms with van der Waals surface area (Å²) >= 11 is 12.1. The van der Waals surface area contributed by atoms with E-state index in [1.807, 2.05) is 11.9 Å². The van der Waals surface area contributed by atoms with Crippen LogP contribution < -0.4 is 15.8 Å². The number of rotatable bonds is 6. The number of nitrogens with one attached hydrogen (secondary N) is 1. The van der Waals surface area contributed by atoms with Crippen molar-refractivity contribution in [2.45, 2.75) is 13.3 Å². The van der Waals surface area contributed by atoms with E-state index in [0.717, 1.165) is 6.42 Å². The van der Waals surface area contributed by atoms with Crippen molar-refractivity contribution in [1.82, 2.24) is 15.1 Å². The Hall–Kier alpha value is -2.05. The molecule has 2 aromatic rings. The molecule has 0 aliphatic heterocycles. The van der Waals surface area contributed by atoms with E-state index >= 15 is 0 Å². The smallest absolute Gasteiger partial charge is 0.292 e. The largest absolute Gasteiger partial charge is 0.372 e. The van der Waals surface area contributed by atoms with E-state index in [9.17, 15) is 9.59 Å². The summed E-state index contributed by atoms with van der Waals surface area (Å²) in [7, 11) is 1.82. The number of hydrogen-bond donors (Lipinski definition) is 1. The molecule has 0 radical (unpaired) electrons. The Morgan fingerprint density at radius 2 is 1.96 bits per heavy atom. The lowest BCUT2D eigenvalue weighted by molar-refractivity contribution is -0.118. The van der Waals surface area contributed by atoms with Crippen LogP contribution in [0.15, 0.2) is 35.3 Å². The highest BCUT2D eigenvalue weighted by Crippen LogP contribution is 2.21. The number of nitrogens with zero attached hydrogens (tertiary/aromatic N) is 3. The Balaban J connectivity index is 2.16. The van der Waals surface area contributed by atoms with E-state index in [1.165, 1.54) is 11.6 Å². The van der Waals surface area contributed by atoms with Gasteiger partial charge in [0, 0.05) is 32.1 Å². The normalized spacial score (nSPS) is 10.5. The molecular formula is C16H18Cl2N4O2. The molecule has 1 amide bonds. The van der Waals surface area contributed by atoms with Crippen molar-refractivity contribution in [2.24, 2.45) is 0 Å². The summed E-state index contributed by atoms with van der Waals surface area (Å²) in [5.74, 6) is -0.0667. The zero-order valence-electron chi connectivity index (χ0n) is 13.4. The monoisotopic (exact) mass is 368 g/mol. The Kier molecular flexibility index (Phi) is 6.23. The Morgan fingerprint density at radius 3 is 2.58 bits per heavy atom. The third-order valence-corrected chi connectivity index (χ3v) is 4.03. The Morgan fingerprint density at radius 1 is 1.29 bits per heavy atom. The van der Waals surface area contributed by atoms with E-state index in [1.54, 1.807) is 30.5 Å². The van der Waals surface area contributed by atoms with Gasteiger partial charge in [-0.15, -0.1) is 0 Å². The maximum absolute atomic E-state index is 12.5. The summed E-state index contributed by atoms with van der Waals surface area (Å²) in [5, 5.41) is 7.58. The molecule has 1 N–H and O–H groups in total. The third kappa shape index (κ3) is 4.49. The number of carbonyl (C=O) groups excluding carboxylic acids is 1. The van der Waals surface area contributed by atoms with Crippen LogP contribution in [-0.2, 0) is 4.79 Å². The van der Waals surface area contributed by atoms with Crippen molar-refractivity contribution in [1.29, 1.82) is 0 Å². The number of benzene rings is 1. The van der Waals surface area contributed by atoms with Gasteiger partial charge in [-0.2, -0.15) is 9.78 Å². The van der Waals surface area contributed by atoms with Gasteiger partial charge < -0.3 is 10.2 Å². The van der Waals surface area contributed by atoms with Gasteiger partial charge in [0.25, 0.3) is 5.56 Å². The average molecular weight is 369 g/mol. The SMILES string of the molecule is CC(=O)NCCCN(C)c1cnn(-c2ccc(Cl)cc2)c(=O)c1Cl. The predicted octanol–water partition coefficient (Wildman–Crippen LogP) is 2.50. The second kappa shape index (κ2) is 8.17. The van der Waals surface area contributed by atoms with E-state index in [-0.39, 0.29) is 10.9 Å². The van der Waals surface area contributed by atoms with Gasteiger partial charge in [-0.1, -0.05) is 23.2 Å². The van der Waals surface area contributed by atoms with Crippen LogP contribution in [-0.4, -0.2) is 35.8 Å². The Bertz CT molecular complexity index is 775. The first kappa shape index (κ1) is 18.3. The number of hydrogen-bond acceptors (Lipinski definition) is 4. The predicted molar refractivity (Wildman–Crippen MR) is 96.4 cm³/mol. The molecule has 1 aromatic carbocycles. The number of anilines is 1. The van der Waals surface area contributed by atoms with Crippen LogP contribution in [0.2, 0.25) is 10.0 Å². The van der Waals surface area contributed by atoms with Gasteiger partial charge in [-0.25, -0.2) is 0 Å². The first-order chi connectivity index (χ1) is 11.4. The van der Waals surface area contributed by atoms with Crippen molar-refractivity contribution in [3.8, 4) is 5.69 Å². The van der Waals surface area contributed by atoms with Crippen LogP contribution in [0.3, 0.4) is 0 Å². The third-order valence-electron chi connectivity index (χ3n) is 3.43. The number of amides is 1. The summed E-state index contributed by atoms with van der Waals surface area (Å²) in [6, 6.07) is 6.76. The van der Waals surface area contributed by atoms with E-state index in [4.69, 9.17) is 23.2 Å². The molecule has 1 heterocycles. The second-order valence-corrected chi connectivity index (χ2v) is 6.11. The van der Waals surface area contributed by atoms with Crippen molar-refractivity contribution in [2.75, 3.05) is 25.0 Å². The fourth-order valence-electron chi connectivity index (χ4n) is 2.16. The van der Waals surface area contributed by atoms with Crippen LogP contribution in [0.5, 0.6) is 0 Å². The topological polar surface area (TPSA) is 67.2 Å². The molecule has 0 atom stereocenters. The van der Waals surface area contributed by atoms with Gasteiger partial charge in [0.05, 0.1) is 17.6 Å². The fraction of sp³-hybridized carbons (Fsp3) is 0.312. The van der Waals surface area contributed by atoms with Gasteiger partial charge in [0.15, 0.2) is 0 Å². The highest BCUT2D eigenvalue weighted by Gasteiger charge is 2.13. The quantitative estimate of drug-likeness (QED) is 0.795. The molecule has 0 saturated carbocycles. The molecule has 1 aromatic heterocycles. The molecule has 0 fully saturated rings. The van der Waals surface area contributed by atoms with Crippen molar-refractivity contribution < 1.29 is 4.79 Å². The lowest BCUT2D eigenvalue weighted by Gasteiger charge is -2.20. The number of halogens is 2. The summed E-state index contributed by atoms with van der Waals surface area (Å²) in [6.07, 6.45) is 2.28. The summed E-state index contributed by atoms with van der Waals surface area (Å²) in [5.41, 5.74) is 0.742. The van der Waals surface area contributed by atoms with Crippen LogP contribution >= 0.6 is 23.2 Å². The zero-order chi connectivity index (χ0) is 17.7. The highest BCUT2D eigenvalue weighted by atomic mass is 35.5. The van der Waals surface area contributed by atoms with Crippen LogP contribution in [0.25, 0.3) is 5.69 Å². The van der Waals surface area contributed by atoms with E-state index in [2.05, 4.69) is 10.4 Å². The van der Waals surface area contributed by atoms with E-state index < -0.39 is 5.56 Å². The minimum absolute atomic E-state index is 0.0667. The van der Waals surface area contributed by atoms with Gasteiger partial charge in [0.2, 0.25) is 5.91 Å².